The number of rotatable bonds is 1. The summed E-state index contributed by atoms with van der Waals surface area (Å²) in [7, 11) is 0. The molecular formula is C14H16N4O. The number of aliphatic hydroxyl groups excluding tert-OH is 1. The molecule has 3 aromatic heterocycles. The molecule has 0 unspecified atom stereocenters. The molecule has 0 amide bonds. The predicted octanol–water partition coefficient (Wildman–Crippen LogP) is 2.46. The quantitative estimate of drug-likeness (QED) is 0.626. The molecule has 0 bridgehead atoms. The normalized spacial score (nSPS) is 24.3. The van der Waals surface area contributed by atoms with Gasteiger partial charge in [0.2, 0.25) is 0 Å². The lowest BCUT2D eigenvalue weighted by Gasteiger charge is -2.23. The molecule has 5 nitrogen and oxygen atoms in total. The molecule has 3 aromatic rings. The fraction of sp³-hybridized carbons (Fsp3) is 0.429. The molecule has 0 aliphatic heterocycles. The first kappa shape index (κ1) is 11.0. The summed E-state index contributed by atoms with van der Waals surface area (Å²) < 4.78 is 0. The zero-order valence-corrected chi connectivity index (χ0v) is 10.6. The summed E-state index contributed by atoms with van der Waals surface area (Å²) in [5.41, 5.74) is 2.87. The second kappa shape index (κ2) is 4.06. The second-order valence-electron chi connectivity index (χ2n) is 5.39. The maximum atomic E-state index is 9.58. The van der Waals surface area contributed by atoms with Crippen molar-refractivity contribution in [3.05, 3.63) is 24.3 Å². The van der Waals surface area contributed by atoms with Crippen molar-refractivity contribution in [1.82, 2.24) is 19.9 Å². The number of aromatic amines is 2. The summed E-state index contributed by atoms with van der Waals surface area (Å²) in [6, 6.07) is 2.01. The Morgan fingerprint density at radius 3 is 2.89 bits per heavy atom. The van der Waals surface area contributed by atoms with Crippen LogP contribution in [-0.4, -0.2) is 31.1 Å². The van der Waals surface area contributed by atoms with Crippen LogP contribution in [0.15, 0.2) is 18.5 Å². The van der Waals surface area contributed by atoms with Crippen LogP contribution in [0.4, 0.5) is 0 Å². The molecule has 1 aliphatic carbocycles. The fourth-order valence-corrected chi connectivity index (χ4v) is 3.03. The van der Waals surface area contributed by atoms with E-state index in [1.807, 2.05) is 18.5 Å². The van der Waals surface area contributed by atoms with Crippen LogP contribution < -0.4 is 0 Å². The Kier molecular flexibility index (Phi) is 2.35. The zero-order chi connectivity index (χ0) is 12.8. The van der Waals surface area contributed by atoms with Crippen LogP contribution in [0, 0.1) is 0 Å². The minimum Gasteiger partial charge on any atom is -0.393 e. The third-order valence-corrected chi connectivity index (χ3v) is 4.14. The van der Waals surface area contributed by atoms with Crippen LogP contribution >= 0.6 is 0 Å². The average Bonchev–Trinajstić information content (AvgIpc) is 3.04. The van der Waals surface area contributed by atoms with Crippen molar-refractivity contribution in [2.45, 2.75) is 37.7 Å². The highest BCUT2D eigenvalue weighted by atomic mass is 16.3. The van der Waals surface area contributed by atoms with E-state index < -0.39 is 0 Å². The number of pyridine rings is 1. The van der Waals surface area contributed by atoms with Crippen LogP contribution in [-0.2, 0) is 0 Å². The molecule has 1 aliphatic rings. The molecule has 5 heteroatoms. The van der Waals surface area contributed by atoms with Gasteiger partial charge >= 0.3 is 0 Å². The van der Waals surface area contributed by atoms with Crippen molar-refractivity contribution in [3.63, 3.8) is 0 Å². The first-order chi connectivity index (χ1) is 9.31. The van der Waals surface area contributed by atoms with Crippen molar-refractivity contribution in [2.24, 2.45) is 0 Å². The van der Waals surface area contributed by atoms with Gasteiger partial charge in [0.05, 0.1) is 17.8 Å². The molecule has 0 aromatic carbocycles. The van der Waals surface area contributed by atoms with Crippen molar-refractivity contribution in [1.29, 1.82) is 0 Å². The van der Waals surface area contributed by atoms with Gasteiger partial charge in [0, 0.05) is 17.5 Å². The van der Waals surface area contributed by atoms with Crippen LogP contribution in [0.1, 0.15) is 37.4 Å². The molecule has 1 fully saturated rings. The fourth-order valence-electron chi connectivity index (χ4n) is 3.03. The van der Waals surface area contributed by atoms with E-state index in [4.69, 9.17) is 4.98 Å². The minimum atomic E-state index is -0.126. The summed E-state index contributed by atoms with van der Waals surface area (Å²) in [5.74, 6) is 1.47. The highest BCUT2D eigenvalue weighted by Crippen LogP contribution is 2.33. The highest BCUT2D eigenvalue weighted by Gasteiger charge is 2.23. The number of aliphatic hydroxyl groups is 1. The van der Waals surface area contributed by atoms with Gasteiger partial charge in [-0.2, -0.15) is 0 Å². The van der Waals surface area contributed by atoms with Gasteiger partial charge in [-0.1, -0.05) is 0 Å². The summed E-state index contributed by atoms with van der Waals surface area (Å²) >= 11 is 0. The lowest BCUT2D eigenvalue weighted by Crippen LogP contribution is -2.17. The Morgan fingerprint density at radius 2 is 2.05 bits per heavy atom. The predicted molar refractivity (Wildman–Crippen MR) is 73.0 cm³/mol. The summed E-state index contributed by atoms with van der Waals surface area (Å²) in [6.45, 7) is 0. The molecule has 3 N–H and O–H groups in total. The second-order valence-corrected chi connectivity index (χ2v) is 5.39. The Labute approximate surface area is 110 Å². The van der Waals surface area contributed by atoms with E-state index in [9.17, 15) is 5.11 Å². The number of hydrogen-bond donors (Lipinski definition) is 3. The third kappa shape index (κ3) is 1.73. The molecule has 0 saturated heterocycles. The lowest BCUT2D eigenvalue weighted by atomic mass is 9.87. The molecular weight excluding hydrogens is 240 g/mol. The molecule has 1 saturated carbocycles. The van der Waals surface area contributed by atoms with E-state index in [2.05, 4.69) is 15.0 Å². The number of nitrogens with one attached hydrogen (secondary N) is 2. The van der Waals surface area contributed by atoms with E-state index in [1.165, 1.54) is 0 Å². The maximum Gasteiger partial charge on any atom is 0.139 e. The minimum absolute atomic E-state index is 0.126. The standard InChI is InChI=1S/C14H16N4O/c19-9-3-1-8(2-4-9)13-17-11-7-16-14-10(5-6-15-14)12(11)18-13/h5-9,19H,1-4H2,(H,15,16)(H,17,18). The molecule has 19 heavy (non-hydrogen) atoms. The number of nitrogens with zero attached hydrogens (tertiary/aromatic N) is 2. The SMILES string of the molecule is OC1CCC(c2nc3c(cnc4[nH]ccc43)[nH]2)CC1. The van der Waals surface area contributed by atoms with Crippen LogP contribution in [0.5, 0.6) is 0 Å². The molecule has 3 heterocycles. The van der Waals surface area contributed by atoms with Gasteiger partial charge in [0.1, 0.15) is 17.0 Å². The van der Waals surface area contributed by atoms with E-state index in [0.29, 0.717) is 5.92 Å². The zero-order valence-electron chi connectivity index (χ0n) is 10.6. The Morgan fingerprint density at radius 1 is 1.21 bits per heavy atom. The molecule has 0 atom stereocenters. The first-order valence-corrected chi connectivity index (χ1v) is 6.81. The topological polar surface area (TPSA) is 77.6 Å². The number of H-pyrrole nitrogens is 2. The number of fused-ring (bicyclic) bond motifs is 3. The molecule has 0 radical (unpaired) electrons. The summed E-state index contributed by atoms with van der Waals surface area (Å²) in [4.78, 5) is 15.6. The number of imidazole rings is 1. The van der Waals surface area contributed by atoms with Gasteiger partial charge in [-0.05, 0) is 31.7 Å². The average molecular weight is 256 g/mol. The van der Waals surface area contributed by atoms with Crippen molar-refractivity contribution in [2.75, 3.05) is 0 Å². The van der Waals surface area contributed by atoms with Crippen LogP contribution in [0.25, 0.3) is 22.1 Å². The van der Waals surface area contributed by atoms with Crippen LogP contribution in [0.2, 0.25) is 0 Å². The molecule has 4 rings (SSSR count). The molecule has 0 spiro atoms. The highest BCUT2D eigenvalue weighted by molar-refractivity contribution is 6.00. The monoisotopic (exact) mass is 256 g/mol. The summed E-state index contributed by atoms with van der Waals surface area (Å²) in [6.07, 6.45) is 7.36. The smallest absolute Gasteiger partial charge is 0.139 e. The van der Waals surface area contributed by atoms with Crippen molar-refractivity contribution < 1.29 is 5.11 Å². The molecule has 98 valence electrons. The van der Waals surface area contributed by atoms with E-state index in [0.717, 1.165) is 53.6 Å². The Balaban J connectivity index is 1.79. The van der Waals surface area contributed by atoms with Gasteiger partial charge in [0.15, 0.2) is 0 Å². The Hall–Kier alpha value is -1.88. The van der Waals surface area contributed by atoms with Gasteiger partial charge in [-0.3, -0.25) is 0 Å². The van der Waals surface area contributed by atoms with Gasteiger partial charge in [-0.15, -0.1) is 0 Å². The number of aromatic nitrogens is 4. The number of hydrogen-bond acceptors (Lipinski definition) is 3. The largest absolute Gasteiger partial charge is 0.393 e. The van der Waals surface area contributed by atoms with Gasteiger partial charge < -0.3 is 15.1 Å². The van der Waals surface area contributed by atoms with Gasteiger partial charge in [0.25, 0.3) is 0 Å². The summed E-state index contributed by atoms with van der Waals surface area (Å²) in [5, 5.41) is 10.6. The van der Waals surface area contributed by atoms with E-state index in [1.54, 1.807) is 0 Å². The van der Waals surface area contributed by atoms with Gasteiger partial charge in [-0.25, -0.2) is 9.97 Å². The first-order valence-electron chi connectivity index (χ1n) is 6.81. The van der Waals surface area contributed by atoms with E-state index in [-0.39, 0.29) is 6.10 Å². The maximum absolute atomic E-state index is 9.58. The van der Waals surface area contributed by atoms with Crippen molar-refractivity contribution >= 4 is 22.1 Å². The van der Waals surface area contributed by atoms with Crippen molar-refractivity contribution in [3.8, 4) is 0 Å². The third-order valence-electron chi connectivity index (χ3n) is 4.14. The van der Waals surface area contributed by atoms with E-state index >= 15 is 0 Å². The Bertz CT molecular complexity index is 721. The lowest BCUT2D eigenvalue weighted by molar-refractivity contribution is 0.121. The van der Waals surface area contributed by atoms with Crippen LogP contribution in [0.3, 0.4) is 0 Å².